The van der Waals surface area contributed by atoms with Crippen LogP contribution in [0, 0.1) is 25.7 Å². The molecule has 2 aromatic carbocycles. The van der Waals surface area contributed by atoms with Crippen LogP contribution in [0.2, 0.25) is 0 Å². The highest BCUT2D eigenvalue weighted by Gasteiger charge is 2.76. The molecular formula is C34H38N2O6. The van der Waals surface area contributed by atoms with Gasteiger partial charge in [0, 0.05) is 12.2 Å². The van der Waals surface area contributed by atoms with Gasteiger partial charge in [0.05, 0.1) is 25.2 Å². The van der Waals surface area contributed by atoms with E-state index in [4.69, 9.17) is 9.47 Å². The van der Waals surface area contributed by atoms with Gasteiger partial charge in [-0.1, -0.05) is 79.8 Å². The van der Waals surface area contributed by atoms with Gasteiger partial charge in [-0.05, 0) is 49.8 Å². The summed E-state index contributed by atoms with van der Waals surface area (Å²) < 4.78 is 12.8. The summed E-state index contributed by atoms with van der Waals surface area (Å²) in [4.78, 5) is 46.7. The highest BCUT2D eigenvalue weighted by molar-refractivity contribution is 6.06. The summed E-state index contributed by atoms with van der Waals surface area (Å²) in [6, 6.07) is 13.2. The van der Waals surface area contributed by atoms with Gasteiger partial charge in [0.15, 0.2) is 0 Å². The van der Waals surface area contributed by atoms with E-state index in [9.17, 15) is 19.5 Å². The van der Waals surface area contributed by atoms with E-state index in [1.54, 1.807) is 4.90 Å². The van der Waals surface area contributed by atoms with E-state index < -0.39 is 53.6 Å². The Hall–Kier alpha value is -3.75. The predicted molar refractivity (Wildman–Crippen MR) is 157 cm³/mol. The van der Waals surface area contributed by atoms with E-state index in [1.165, 1.54) is 4.90 Å². The number of para-hydroxylation sites is 1. The molecule has 0 radical (unpaired) electrons. The number of esters is 1. The topological polar surface area (TPSA) is 96.4 Å². The van der Waals surface area contributed by atoms with Crippen LogP contribution >= 0.6 is 0 Å². The third-order valence-electron chi connectivity index (χ3n) is 9.47. The minimum atomic E-state index is -1.44. The molecule has 1 N–H and O–H groups in total. The Bertz CT molecular complexity index is 1430. The summed E-state index contributed by atoms with van der Waals surface area (Å²) in [6.45, 7) is 5.99. The lowest BCUT2D eigenvalue weighted by molar-refractivity contribution is -0.161. The first-order chi connectivity index (χ1) is 20.3. The number of nitrogens with zero attached hydrogens (tertiary/aromatic N) is 2. The zero-order valence-corrected chi connectivity index (χ0v) is 24.4. The molecule has 8 heteroatoms. The molecule has 0 aliphatic carbocycles. The summed E-state index contributed by atoms with van der Waals surface area (Å²) in [6.07, 6.45) is 9.44. The van der Waals surface area contributed by atoms with E-state index in [0.717, 1.165) is 16.8 Å². The molecule has 1 spiro atoms. The first kappa shape index (κ1) is 28.4. The van der Waals surface area contributed by atoms with Gasteiger partial charge in [0.25, 0.3) is 5.91 Å². The Morgan fingerprint density at radius 2 is 1.69 bits per heavy atom. The molecule has 2 aromatic rings. The Morgan fingerprint density at radius 1 is 0.952 bits per heavy atom. The molecule has 4 aliphatic heterocycles. The Labute approximate surface area is 246 Å². The SMILES string of the molecule is CC[C@]12/C=C\CCCOC(=O)[C@H]1[C@H]1C(=O)N([C@H](CO)c3ccccc3)C3C(=O)N(c4c(C)cccc4C)CC=C[C@@]31O2. The van der Waals surface area contributed by atoms with Crippen LogP contribution in [0.15, 0.2) is 72.8 Å². The summed E-state index contributed by atoms with van der Waals surface area (Å²) in [7, 11) is 0. The first-order valence-corrected chi connectivity index (χ1v) is 14.9. The van der Waals surface area contributed by atoms with Gasteiger partial charge in [0.2, 0.25) is 5.91 Å². The van der Waals surface area contributed by atoms with E-state index in [1.807, 2.05) is 93.6 Å². The zero-order valence-electron chi connectivity index (χ0n) is 24.4. The number of benzene rings is 2. The van der Waals surface area contributed by atoms with E-state index in [0.29, 0.717) is 24.8 Å². The number of likely N-dealkylation sites (tertiary alicyclic amines) is 1. The van der Waals surface area contributed by atoms with Crippen LogP contribution in [0.25, 0.3) is 0 Å². The number of ether oxygens (including phenoxy) is 2. The van der Waals surface area contributed by atoms with E-state index in [-0.39, 0.29) is 19.1 Å². The second-order valence-corrected chi connectivity index (χ2v) is 11.8. The fraction of sp³-hybridized carbons (Fsp3) is 0.441. The summed E-state index contributed by atoms with van der Waals surface area (Å²) in [5.74, 6) is -3.15. The molecule has 6 rings (SSSR count). The molecule has 220 valence electrons. The van der Waals surface area contributed by atoms with Crippen LogP contribution in [0.4, 0.5) is 5.69 Å². The van der Waals surface area contributed by atoms with Gasteiger partial charge >= 0.3 is 5.97 Å². The quantitative estimate of drug-likeness (QED) is 0.428. The third kappa shape index (κ3) is 4.14. The molecule has 0 bridgehead atoms. The highest BCUT2D eigenvalue weighted by Crippen LogP contribution is 2.59. The number of rotatable bonds is 5. The molecule has 2 saturated heterocycles. The average molecular weight is 571 g/mol. The largest absolute Gasteiger partial charge is 0.465 e. The fourth-order valence-electron chi connectivity index (χ4n) is 7.61. The minimum Gasteiger partial charge on any atom is -0.465 e. The molecule has 4 aliphatic rings. The van der Waals surface area contributed by atoms with Crippen molar-refractivity contribution in [1.29, 1.82) is 0 Å². The van der Waals surface area contributed by atoms with Crippen molar-refractivity contribution < 1.29 is 29.0 Å². The number of cyclic esters (lactones) is 1. The zero-order chi connectivity index (χ0) is 29.6. The molecule has 2 fully saturated rings. The number of aliphatic hydroxyl groups excluding tert-OH is 1. The molecule has 0 saturated carbocycles. The second kappa shape index (κ2) is 10.8. The van der Waals surface area contributed by atoms with E-state index in [2.05, 4.69) is 0 Å². The van der Waals surface area contributed by atoms with Gasteiger partial charge in [0.1, 0.15) is 23.2 Å². The van der Waals surface area contributed by atoms with Crippen LogP contribution in [-0.2, 0) is 23.9 Å². The molecule has 42 heavy (non-hydrogen) atoms. The predicted octanol–water partition coefficient (Wildman–Crippen LogP) is 4.19. The van der Waals surface area contributed by atoms with Gasteiger partial charge in [-0.15, -0.1) is 0 Å². The molecule has 4 heterocycles. The summed E-state index contributed by atoms with van der Waals surface area (Å²) in [5.41, 5.74) is 0.788. The van der Waals surface area contributed by atoms with Gasteiger partial charge in [-0.2, -0.15) is 0 Å². The van der Waals surface area contributed by atoms with Crippen LogP contribution in [-0.4, -0.2) is 64.8 Å². The fourth-order valence-corrected chi connectivity index (χ4v) is 7.61. The van der Waals surface area contributed by atoms with Crippen molar-refractivity contribution in [3.8, 4) is 0 Å². The molecule has 0 aromatic heterocycles. The number of fused-ring (bicyclic) bond motifs is 2. The van der Waals surface area contributed by atoms with Crippen molar-refractivity contribution in [2.24, 2.45) is 11.8 Å². The maximum atomic E-state index is 14.9. The number of amides is 2. The number of hydrogen-bond acceptors (Lipinski definition) is 6. The maximum Gasteiger partial charge on any atom is 0.313 e. The van der Waals surface area contributed by atoms with Gasteiger partial charge in [-0.25, -0.2) is 0 Å². The number of carbonyl (C=O) groups excluding carboxylic acids is 3. The number of hydrogen-bond donors (Lipinski definition) is 1. The van der Waals surface area contributed by atoms with Crippen LogP contribution < -0.4 is 4.90 Å². The van der Waals surface area contributed by atoms with Gasteiger partial charge < -0.3 is 24.4 Å². The average Bonchev–Trinajstić information content (AvgIpc) is 3.37. The third-order valence-corrected chi connectivity index (χ3v) is 9.47. The number of carbonyl (C=O) groups is 3. The van der Waals surface area contributed by atoms with Gasteiger partial charge in [-0.3, -0.25) is 14.4 Å². The number of aryl methyl sites for hydroxylation is 2. The second-order valence-electron chi connectivity index (χ2n) is 11.8. The number of allylic oxidation sites excluding steroid dienone is 1. The number of anilines is 1. The Balaban J connectivity index is 1.58. The normalized spacial score (nSPS) is 32.2. The summed E-state index contributed by atoms with van der Waals surface area (Å²) >= 11 is 0. The van der Waals surface area contributed by atoms with Crippen molar-refractivity contribution in [3.63, 3.8) is 0 Å². The van der Waals surface area contributed by atoms with Crippen molar-refractivity contribution in [2.45, 2.75) is 63.3 Å². The molecular weight excluding hydrogens is 532 g/mol. The molecule has 2 amide bonds. The molecule has 8 nitrogen and oxygen atoms in total. The van der Waals surface area contributed by atoms with Crippen molar-refractivity contribution in [1.82, 2.24) is 4.90 Å². The van der Waals surface area contributed by atoms with Crippen LogP contribution in [0.1, 0.15) is 48.9 Å². The lowest BCUT2D eigenvalue weighted by atomic mass is 9.73. The standard InChI is InChI=1S/C34H38N2O6/c1-4-33-17-9-6-10-20-41-32(40)27(33)26-30(38)36(25(21-37)24-15-7-5-8-16-24)29-31(39)35(19-12-18-34(26,29)42-33)28-22(2)13-11-14-23(28)3/h5,7-9,11-18,25-27,29,37H,4,6,10,19-21H2,1-3H3/b17-9-/t25-,26+,27-,29?,33+,34+/m1/s1. The van der Waals surface area contributed by atoms with Crippen LogP contribution in [0.3, 0.4) is 0 Å². The van der Waals surface area contributed by atoms with E-state index >= 15 is 0 Å². The lowest BCUT2D eigenvalue weighted by Crippen LogP contribution is -2.57. The number of aliphatic hydroxyl groups is 1. The van der Waals surface area contributed by atoms with Crippen molar-refractivity contribution in [3.05, 3.63) is 89.5 Å². The van der Waals surface area contributed by atoms with Crippen molar-refractivity contribution in [2.75, 3.05) is 24.7 Å². The van der Waals surface area contributed by atoms with Crippen LogP contribution in [0.5, 0.6) is 0 Å². The molecule has 6 atom stereocenters. The highest BCUT2D eigenvalue weighted by atomic mass is 16.6. The monoisotopic (exact) mass is 570 g/mol. The smallest absolute Gasteiger partial charge is 0.313 e. The molecule has 1 unspecified atom stereocenters. The minimum absolute atomic E-state index is 0.249. The maximum absolute atomic E-state index is 14.9. The van der Waals surface area contributed by atoms with Crippen molar-refractivity contribution >= 4 is 23.5 Å². The lowest BCUT2D eigenvalue weighted by Gasteiger charge is -2.41. The Kier molecular flexibility index (Phi) is 7.31. The summed E-state index contributed by atoms with van der Waals surface area (Å²) in [5, 5.41) is 10.8. The Morgan fingerprint density at radius 3 is 2.38 bits per heavy atom. The first-order valence-electron chi connectivity index (χ1n) is 14.9.